The summed E-state index contributed by atoms with van der Waals surface area (Å²) in [6, 6.07) is 0. The van der Waals surface area contributed by atoms with Crippen LogP contribution in [0.3, 0.4) is 0 Å². The Hall–Kier alpha value is 1.48. The van der Waals surface area contributed by atoms with E-state index in [0.717, 1.165) is 19.3 Å². The summed E-state index contributed by atoms with van der Waals surface area (Å²) in [5.41, 5.74) is 0. The molecule has 0 aliphatic heterocycles. The molecule has 0 aliphatic carbocycles. The maximum atomic E-state index is 10.3. The average molecular weight is 265 g/mol. The van der Waals surface area contributed by atoms with Crippen LogP contribution in [0.5, 0.6) is 0 Å². The molecule has 0 aromatic rings. The quantitative estimate of drug-likeness (QED) is 0.589. The molecule has 0 radical (unpaired) electrons. The predicted molar refractivity (Wildman–Crippen MR) is 41.6 cm³/mol. The summed E-state index contributed by atoms with van der Waals surface area (Å²) < 4.78 is 0. The van der Waals surface area contributed by atoms with Gasteiger partial charge in [-0.2, -0.15) is 5.90 Å². The van der Waals surface area contributed by atoms with Gasteiger partial charge >= 0.3 is 74.9 Å². The number of rotatable bonds is 4. The molecule has 0 heterocycles. The predicted octanol–water partition coefficient (Wildman–Crippen LogP) is 0.335. The average Bonchev–Trinajstić information content (AvgIpc) is 1.89. The monoisotopic (exact) mass is 265 g/mol. The molecule has 0 atom stereocenters. The molecule has 0 unspecified atom stereocenters. The molecular weight excluding hydrogens is 251 g/mol. The summed E-state index contributed by atoms with van der Waals surface area (Å²) in [5.74, 6) is 4.29. The summed E-state index contributed by atoms with van der Waals surface area (Å²) in [7, 11) is 0. The van der Waals surface area contributed by atoms with Crippen LogP contribution in [0.25, 0.3) is 0 Å². The number of unbranched alkanes of at least 4 members (excludes halogenated alkanes) is 2. The van der Waals surface area contributed by atoms with Crippen molar-refractivity contribution in [2.75, 3.05) is 0 Å². The minimum absolute atomic E-state index is 0. The van der Waals surface area contributed by atoms with Crippen molar-refractivity contribution in [1.29, 1.82) is 0 Å². The Morgan fingerprint density at radius 2 is 2.10 bits per heavy atom. The van der Waals surface area contributed by atoms with Gasteiger partial charge < -0.3 is 4.84 Å². The van der Waals surface area contributed by atoms with Crippen molar-refractivity contribution in [3.63, 3.8) is 0 Å². The van der Waals surface area contributed by atoms with E-state index in [1.807, 2.05) is 0 Å². The van der Waals surface area contributed by atoms with Gasteiger partial charge in [0.15, 0.2) is 0 Å². The van der Waals surface area contributed by atoms with E-state index < -0.39 is 0 Å². The van der Waals surface area contributed by atoms with Gasteiger partial charge in [0.05, 0.1) is 0 Å². The van der Waals surface area contributed by atoms with Crippen LogP contribution in [0.4, 0.5) is 0 Å². The number of hydrogen-bond donors (Lipinski definition) is 1. The molecule has 0 bridgehead atoms. The van der Waals surface area contributed by atoms with Crippen molar-refractivity contribution in [2.45, 2.75) is 32.6 Å². The van der Waals surface area contributed by atoms with Gasteiger partial charge in [0, 0.05) is 6.42 Å². The molecule has 10 heavy (non-hydrogen) atoms. The van der Waals surface area contributed by atoms with Crippen LogP contribution in [0.1, 0.15) is 32.6 Å². The zero-order valence-corrected chi connectivity index (χ0v) is 5.72. The zero-order valence-electron chi connectivity index (χ0n) is 5.72. The summed E-state index contributed by atoms with van der Waals surface area (Å²) in [6.45, 7) is 2.08. The van der Waals surface area contributed by atoms with Crippen molar-refractivity contribution in [3.05, 3.63) is 0 Å². The molecule has 4 heteroatoms. The summed E-state index contributed by atoms with van der Waals surface area (Å²) in [5, 5.41) is 0. The fourth-order valence-electron chi connectivity index (χ4n) is 0.578. The fourth-order valence-corrected chi connectivity index (χ4v) is 0.578. The first-order valence-corrected chi connectivity index (χ1v) is 3.20. The molecule has 0 saturated heterocycles. The number of carbonyl (C=O) groups excluding carboxylic acids is 1. The Kier molecular flexibility index (Phi) is 14.7. The number of nitrogens with two attached hydrogens (primary N) is 1. The van der Waals surface area contributed by atoms with E-state index in [2.05, 4.69) is 17.7 Å². The van der Waals surface area contributed by atoms with Crippen molar-refractivity contribution < 1.29 is 9.63 Å². The van der Waals surface area contributed by atoms with Crippen LogP contribution in [-0.2, 0) is 9.63 Å². The molecule has 0 aliphatic rings. The molecule has 0 saturated carbocycles. The molecular formula is C6H14CsNO2. The van der Waals surface area contributed by atoms with E-state index in [4.69, 9.17) is 0 Å². The Morgan fingerprint density at radius 1 is 1.50 bits per heavy atom. The van der Waals surface area contributed by atoms with Crippen molar-refractivity contribution in [1.82, 2.24) is 0 Å². The second-order valence-corrected chi connectivity index (χ2v) is 1.95. The molecule has 0 fully saturated rings. The number of hydrogen-bond acceptors (Lipinski definition) is 3. The maximum absolute atomic E-state index is 10.3. The third-order valence-electron chi connectivity index (χ3n) is 1.12. The van der Waals surface area contributed by atoms with Crippen LogP contribution >= 0.6 is 0 Å². The Balaban J connectivity index is 0. The Labute approximate surface area is 120 Å². The standard InChI is InChI=1S/C6H13NO2.Cs.H/c1-2-3-4-5-6(8)9-7;;/h2-5,7H2,1H3;;. The van der Waals surface area contributed by atoms with Gasteiger partial charge in [0.25, 0.3) is 0 Å². The summed E-state index contributed by atoms with van der Waals surface area (Å²) in [4.78, 5) is 14.3. The molecule has 3 nitrogen and oxygen atoms in total. The fraction of sp³-hybridized carbons (Fsp3) is 0.833. The normalized spacial score (nSPS) is 8.20. The van der Waals surface area contributed by atoms with Crippen LogP contribution in [0.2, 0.25) is 0 Å². The minimum atomic E-state index is -0.316. The summed E-state index contributed by atoms with van der Waals surface area (Å²) >= 11 is 0. The van der Waals surface area contributed by atoms with Gasteiger partial charge in [-0.05, 0) is 6.42 Å². The first-order valence-electron chi connectivity index (χ1n) is 3.20. The van der Waals surface area contributed by atoms with Gasteiger partial charge in [-0.1, -0.05) is 19.8 Å². The molecule has 0 spiro atoms. The second-order valence-electron chi connectivity index (χ2n) is 1.95. The topological polar surface area (TPSA) is 52.3 Å². The molecule has 56 valence electrons. The van der Waals surface area contributed by atoms with E-state index in [9.17, 15) is 4.79 Å². The van der Waals surface area contributed by atoms with Crippen molar-refractivity contribution >= 4 is 74.9 Å². The van der Waals surface area contributed by atoms with E-state index >= 15 is 0 Å². The molecule has 0 aromatic carbocycles. The first-order chi connectivity index (χ1) is 4.31. The van der Waals surface area contributed by atoms with Crippen LogP contribution in [0.15, 0.2) is 0 Å². The first kappa shape index (κ1) is 14.0. The van der Waals surface area contributed by atoms with Crippen molar-refractivity contribution in [2.24, 2.45) is 5.90 Å². The molecule has 2 N–H and O–H groups in total. The van der Waals surface area contributed by atoms with E-state index in [1.165, 1.54) is 0 Å². The second kappa shape index (κ2) is 10.5. The van der Waals surface area contributed by atoms with E-state index in [-0.39, 0.29) is 74.9 Å². The van der Waals surface area contributed by atoms with Gasteiger partial charge in [-0.3, -0.25) is 4.79 Å². The van der Waals surface area contributed by atoms with Crippen LogP contribution < -0.4 is 5.90 Å². The number of carbonyl (C=O) groups is 1. The van der Waals surface area contributed by atoms with Crippen LogP contribution in [0, 0.1) is 0 Å². The van der Waals surface area contributed by atoms with E-state index in [0.29, 0.717) is 6.42 Å². The van der Waals surface area contributed by atoms with Gasteiger partial charge in [0.2, 0.25) is 0 Å². The molecule has 0 aromatic heterocycles. The van der Waals surface area contributed by atoms with Crippen LogP contribution in [-0.4, -0.2) is 74.9 Å². The summed E-state index contributed by atoms with van der Waals surface area (Å²) in [6.07, 6.45) is 3.50. The van der Waals surface area contributed by atoms with Crippen molar-refractivity contribution in [3.8, 4) is 0 Å². The van der Waals surface area contributed by atoms with Gasteiger partial charge in [-0.15, -0.1) is 0 Å². The third kappa shape index (κ3) is 9.48. The Bertz CT molecular complexity index is 87.8. The molecule has 0 rings (SSSR count). The van der Waals surface area contributed by atoms with E-state index in [1.54, 1.807) is 0 Å². The SMILES string of the molecule is CCCCCC(=O)ON.[CsH]. The zero-order chi connectivity index (χ0) is 7.11. The van der Waals surface area contributed by atoms with Gasteiger partial charge in [0.1, 0.15) is 0 Å². The van der Waals surface area contributed by atoms with Gasteiger partial charge in [-0.25, -0.2) is 0 Å². The molecule has 0 amide bonds. The third-order valence-corrected chi connectivity index (χ3v) is 1.12. The Morgan fingerprint density at radius 3 is 2.50 bits per heavy atom.